The van der Waals surface area contributed by atoms with E-state index in [9.17, 15) is 14.0 Å². The van der Waals surface area contributed by atoms with Crippen LogP contribution >= 0.6 is 11.6 Å². The molecule has 2 amide bonds. The van der Waals surface area contributed by atoms with Crippen LogP contribution in [0.3, 0.4) is 0 Å². The molecule has 31 heavy (non-hydrogen) atoms. The topological polar surface area (TPSA) is 104 Å². The summed E-state index contributed by atoms with van der Waals surface area (Å²) in [5.41, 5.74) is -2.86. The van der Waals surface area contributed by atoms with E-state index in [0.717, 1.165) is 6.42 Å². The molecule has 0 saturated heterocycles. The number of aromatic nitrogens is 1. The van der Waals surface area contributed by atoms with Gasteiger partial charge in [-0.2, -0.15) is 0 Å². The van der Waals surface area contributed by atoms with Crippen molar-refractivity contribution in [1.82, 2.24) is 15.6 Å². The third-order valence-corrected chi connectivity index (χ3v) is 6.93. The highest BCUT2D eigenvalue weighted by atomic mass is 35.5. The third-order valence-electron chi connectivity index (χ3n) is 6.64. The Labute approximate surface area is 187 Å². The Bertz CT molecular complexity index is 924. The number of alkyl halides is 1. The standard InChI is InChI=1S/C22H30ClFN4O3/c1-12-6-14(12)8-21(4,19(25)27-13(2)29)28-18(30)16-7-17(15(23)9-26-16)31-11-20(3)10-22(20,5)24/h7,9,12,14H,6,8,10-11H2,1-5H3,(H,28,30)(H2,25,27,29). The fourth-order valence-electron chi connectivity index (χ4n) is 3.83. The van der Waals surface area contributed by atoms with Gasteiger partial charge in [0.2, 0.25) is 5.91 Å². The number of carbonyl (C=O) groups excluding carboxylic acids is 2. The molecular formula is C22H30ClFN4O3. The van der Waals surface area contributed by atoms with Gasteiger partial charge in [0, 0.05) is 18.4 Å². The van der Waals surface area contributed by atoms with Crippen LogP contribution in [-0.2, 0) is 4.79 Å². The van der Waals surface area contributed by atoms with Crippen LogP contribution in [0.4, 0.5) is 4.39 Å². The highest BCUT2D eigenvalue weighted by molar-refractivity contribution is 6.32. The number of carbonyl (C=O) groups is 2. The zero-order valence-corrected chi connectivity index (χ0v) is 19.3. The zero-order chi connectivity index (χ0) is 23.2. The number of ether oxygens (including phenoxy) is 1. The lowest BCUT2D eigenvalue weighted by molar-refractivity contribution is -0.117. The summed E-state index contributed by atoms with van der Waals surface area (Å²) in [5.74, 6) is 0.177. The maximum Gasteiger partial charge on any atom is 0.270 e. The molecule has 0 radical (unpaired) electrons. The Morgan fingerprint density at radius 2 is 2.06 bits per heavy atom. The molecule has 7 nitrogen and oxygen atoms in total. The van der Waals surface area contributed by atoms with Gasteiger partial charge in [0.25, 0.3) is 5.91 Å². The fraction of sp³-hybridized carbons (Fsp3) is 0.636. The summed E-state index contributed by atoms with van der Waals surface area (Å²) in [4.78, 5) is 28.5. The van der Waals surface area contributed by atoms with Gasteiger partial charge >= 0.3 is 0 Å². The van der Waals surface area contributed by atoms with Crippen LogP contribution in [0.15, 0.2) is 12.3 Å². The minimum absolute atomic E-state index is 0.0639. The van der Waals surface area contributed by atoms with E-state index in [0.29, 0.717) is 24.7 Å². The van der Waals surface area contributed by atoms with Crippen molar-refractivity contribution in [3.05, 3.63) is 23.0 Å². The van der Waals surface area contributed by atoms with E-state index in [-0.39, 0.29) is 34.8 Å². The average molecular weight is 453 g/mol. The van der Waals surface area contributed by atoms with Crippen molar-refractivity contribution in [2.24, 2.45) is 17.3 Å². The summed E-state index contributed by atoms with van der Waals surface area (Å²) in [5, 5.41) is 13.9. The summed E-state index contributed by atoms with van der Waals surface area (Å²) in [6.07, 6.45) is 3.26. The van der Waals surface area contributed by atoms with Crippen LogP contribution in [0.2, 0.25) is 5.02 Å². The van der Waals surface area contributed by atoms with Crippen molar-refractivity contribution >= 4 is 29.3 Å². The summed E-state index contributed by atoms with van der Waals surface area (Å²) in [6, 6.07) is 1.42. The summed E-state index contributed by atoms with van der Waals surface area (Å²) in [6.45, 7) is 8.63. The minimum atomic E-state index is -1.28. The molecule has 1 aromatic rings. The van der Waals surface area contributed by atoms with E-state index < -0.39 is 22.5 Å². The van der Waals surface area contributed by atoms with E-state index in [4.69, 9.17) is 21.7 Å². The number of nitrogens with zero attached hydrogens (tertiary/aromatic N) is 1. The van der Waals surface area contributed by atoms with Crippen LogP contribution < -0.4 is 15.4 Å². The minimum Gasteiger partial charge on any atom is -0.491 e. The number of hydrogen-bond donors (Lipinski definition) is 3. The van der Waals surface area contributed by atoms with Crippen LogP contribution in [0.5, 0.6) is 5.75 Å². The molecular weight excluding hydrogens is 423 g/mol. The Balaban J connectivity index is 1.74. The van der Waals surface area contributed by atoms with E-state index >= 15 is 0 Å². The first-order valence-electron chi connectivity index (χ1n) is 10.4. The van der Waals surface area contributed by atoms with Gasteiger partial charge in [-0.15, -0.1) is 0 Å². The van der Waals surface area contributed by atoms with Gasteiger partial charge in [0.1, 0.15) is 28.0 Å². The lowest BCUT2D eigenvalue weighted by Crippen LogP contribution is -2.57. The monoisotopic (exact) mass is 452 g/mol. The molecule has 3 N–H and O–H groups in total. The number of nitrogens with one attached hydrogen (secondary N) is 3. The Hall–Kier alpha value is -2.22. The highest BCUT2D eigenvalue weighted by Gasteiger charge is 2.63. The lowest BCUT2D eigenvalue weighted by Gasteiger charge is -2.31. The van der Waals surface area contributed by atoms with E-state index in [1.54, 1.807) is 13.8 Å². The van der Waals surface area contributed by atoms with Crippen molar-refractivity contribution in [1.29, 1.82) is 5.41 Å². The van der Waals surface area contributed by atoms with Crippen LogP contribution in [0, 0.1) is 22.7 Å². The molecule has 5 atom stereocenters. The molecule has 0 aliphatic heterocycles. The second-order valence-electron chi connectivity index (χ2n) is 9.74. The van der Waals surface area contributed by atoms with E-state index in [1.807, 2.05) is 0 Å². The van der Waals surface area contributed by atoms with Crippen molar-refractivity contribution in [3.63, 3.8) is 0 Å². The van der Waals surface area contributed by atoms with Gasteiger partial charge in [-0.3, -0.25) is 15.0 Å². The Kier molecular flexibility index (Phi) is 6.08. The van der Waals surface area contributed by atoms with Crippen LogP contribution in [-0.4, -0.2) is 40.4 Å². The molecule has 0 spiro atoms. The van der Waals surface area contributed by atoms with Crippen LogP contribution in [0.25, 0.3) is 0 Å². The Morgan fingerprint density at radius 3 is 2.58 bits per heavy atom. The number of amides is 2. The number of hydrogen-bond acceptors (Lipinski definition) is 5. The normalized spacial score (nSPS) is 30.7. The predicted molar refractivity (Wildman–Crippen MR) is 116 cm³/mol. The summed E-state index contributed by atoms with van der Waals surface area (Å²) < 4.78 is 19.8. The second kappa shape index (κ2) is 8.04. The molecule has 170 valence electrons. The molecule has 5 unspecified atom stereocenters. The maximum atomic E-state index is 14.1. The number of rotatable bonds is 8. The summed E-state index contributed by atoms with van der Waals surface area (Å²) in [7, 11) is 0. The van der Waals surface area contributed by atoms with E-state index in [2.05, 4.69) is 22.5 Å². The number of amidine groups is 1. The predicted octanol–water partition coefficient (Wildman–Crippen LogP) is 3.90. The molecule has 3 rings (SSSR count). The van der Waals surface area contributed by atoms with Crippen LogP contribution in [0.1, 0.15) is 64.4 Å². The first-order chi connectivity index (χ1) is 14.3. The number of pyridine rings is 1. The van der Waals surface area contributed by atoms with Gasteiger partial charge in [-0.05, 0) is 44.9 Å². The molecule has 1 heterocycles. The van der Waals surface area contributed by atoms with Gasteiger partial charge < -0.3 is 15.4 Å². The quantitative estimate of drug-likeness (QED) is 0.411. The fourth-order valence-corrected chi connectivity index (χ4v) is 3.99. The second-order valence-corrected chi connectivity index (χ2v) is 10.2. The largest absolute Gasteiger partial charge is 0.491 e. The van der Waals surface area contributed by atoms with Gasteiger partial charge in [0.05, 0.1) is 18.3 Å². The molecule has 2 aliphatic rings. The first kappa shape index (κ1) is 23.4. The van der Waals surface area contributed by atoms with E-state index in [1.165, 1.54) is 26.1 Å². The number of halogens is 2. The van der Waals surface area contributed by atoms with Crippen molar-refractivity contribution in [2.45, 2.75) is 65.1 Å². The molecule has 1 aromatic heterocycles. The smallest absolute Gasteiger partial charge is 0.270 e. The Morgan fingerprint density at radius 1 is 1.45 bits per heavy atom. The first-order valence-corrected chi connectivity index (χ1v) is 10.8. The van der Waals surface area contributed by atoms with Crippen molar-refractivity contribution in [2.75, 3.05) is 6.61 Å². The maximum absolute atomic E-state index is 14.1. The highest BCUT2D eigenvalue weighted by Crippen LogP contribution is 2.58. The lowest BCUT2D eigenvalue weighted by atomic mass is 9.92. The average Bonchev–Trinajstić information content (AvgIpc) is 3.47. The SMILES string of the molecule is CC(=O)NC(=N)C(C)(CC1CC1C)NC(=O)c1cc(OCC2(C)CC2(C)F)c(Cl)cn1. The molecule has 0 bridgehead atoms. The molecule has 0 aromatic carbocycles. The molecule has 2 saturated carbocycles. The molecule has 2 aliphatic carbocycles. The van der Waals surface area contributed by atoms with Crippen molar-refractivity contribution in [3.8, 4) is 5.75 Å². The van der Waals surface area contributed by atoms with Gasteiger partial charge in [-0.1, -0.05) is 25.4 Å². The third kappa shape index (κ3) is 5.17. The van der Waals surface area contributed by atoms with Gasteiger partial charge in [-0.25, -0.2) is 9.37 Å². The van der Waals surface area contributed by atoms with Crippen molar-refractivity contribution < 1.29 is 18.7 Å². The molecule has 9 heteroatoms. The van der Waals surface area contributed by atoms with Gasteiger partial charge in [0.15, 0.2) is 0 Å². The zero-order valence-electron chi connectivity index (χ0n) is 18.6. The summed E-state index contributed by atoms with van der Waals surface area (Å²) >= 11 is 6.16. The molecule has 2 fully saturated rings.